The third kappa shape index (κ3) is 5.78. The zero-order valence-electron chi connectivity index (χ0n) is 15.1. The van der Waals surface area contributed by atoms with E-state index < -0.39 is 23.4 Å². The first kappa shape index (κ1) is 20.4. The Morgan fingerprint density at radius 3 is 2.42 bits per heavy atom. The summed E-state index contributed by atoms with van der Waals surface area (Å²) in [6.45, 7) is 6.83. The largest absolute Gasteiger partial charge is 0.368 e. The molecule has 0 aliphatic carbocycles. The number of hydrogen-bond acceptors (Lipinski definition) is 4. The van der Waals surface area contributed by atoms with Gasteiger partial charge in [0.15, 0.2) is 0 Å². The summed E-state index contributed by atoms with van der Waals surface area (Å²) in [5.41, 5.74) is 10.4. The number of unbranched alkanes of at least 4 members (excludes halogenated alkanes) is 2. The Morgan fingerprint density at radius 2 is 1.88 bits per heavy atom. The third-order valence-corrected chi connectivity index (χ3v) is 4.39. The Morgan fingerprint density at radius 1 is 1.21 bits per heavy atom. The van der Waals surface area contributed by atoms with Gasteiger partial charge in [0.25, 0.3) is 0 Å². The van der Waals surface area contributed by atoms with E-state index in [4.69, 9.17) is 11.5 Å². The van der Waals surface area contributed by atoms with Gasteiger partial charge < -0.3 is 21.7 Å². The summed E-state index contributed by atoms with van der Waals surface area (Å²) < 4.78 is 0. The Labute approximate surface area is 144 Å². The molecule has 0 aromatic carbocycles. The first-order valence-electron chi connectivity index (χ1n) is 8.77. The van der Waals surface area contributed by atoms with Crippen LogP contribution in [-0.4, -0.2) is 47.8 Å². The summed E-state index contributed by atoms with van der Waals surface area (Å²) in [6.07, 6.45) is 4.26. The van der Waals surface area contributed by atoms with Crippen molar-refractivity contribution in [3.05, 3.63) is 0 Å². The smallest absolute Gasteiger partial charge is 0.246 e. The molecule has 1 aliphatic rings. The van der Waals surface area contributed by atoms with Crippen LogP contribution < -0.4 is 16.8 Å². The highest BCUT2D eigenvalue weighted by atomic mass is 16.2. The fourth-order valence-corrected chi connectivity index (χ4v) is 2.98. The number of nitrogens with one attached hydrogen (secondary N) is 1. The van der Waals surface area contributed by atoms with E-state index in [0.29, 0.717) is 25.9 Å². The molecule has 7 nitrogen and oxygen atoms in total. The SMILES string of the molecule is CC(C)(C)C(NC(=O)CCCCCN)C(=O)N1CCCC1C(N)=O. The maximum absolute atomic E-state index is 12.9. The van der Waals surface area contributed by atoms with E-state index >= 15 is 0 Å². The molecule has 5 N–H and O–H groups in total. The fraction of sp³-hybridized carbons (Fsp3) is 0.824. The minimum atomic E-state index is -0.667. The fourth-order valence-electron chi connectivity index (χ4n) is 2.98. The van der Waals surface area contributed by atoms with Crippen LogP contribution in [-0.2, 0) is 14.4 Å². The molecule has 1 saturated heterocycles. The summed E-state index contributed by atoms with van der Waals surface area (Å²) in [5, 5.41) is 2.86. The van der Waals surface area contributed by atoms with Gasteiger partial charge >= 0.3 is 0 Å². The lowest BCUT2D eigenvalue weighted by Gasteiger charge is -2.35. The van der Waals surface area contributed by atoms with Crippen LogP contribution in [0.25, 0.3) is 0 Å². The Kier molecular flexibility index (Phi) is 7.66. The maximum Gasteiger partial charge on any atom is 0.246 e. The van der Waals surface area contributed by atoms with Crippen molar-refractivity contribution in [2.75, 3.05) is 13.1 Å². The van der Waals surface area contributed by atoms with Crippen LogP contribution in [0.2, 0.25) is 0 Å². The second-order valence-electron chi connectivity index (χ2n) is 7.56. The van der Waals surface area contributed by atoms with Gasteiger partial charge in [0.1, 0.15) is 12.1 Å². The monoisotopic (exact) mass is 340 g/mol. The number of primary amides is 1. The molecular formula is C17H32N4O3. The third-order valence-electron chi connectivity index (χ3n) is 4.39. The number of nitrogens with zero attached hydrogens (tertiary/aromatic N) is 1. The van der Waals surface area contributed by atoms with Gasteiger partial charge in [-0.3, -0.25) is 14.4 Å². The molecular weight excluding hydrogens is 308 g/mol. The van der Waals surface area contributed by atoms with Crippen molar-refractivity contribution < 1.29 is 14.4 Å². The van der Waals surface area contributed by atoms with Gasteiger partial charge in [-0.2, -0.15) is 0 Å². The highest BCUT2D eigenvalue weighted by Crippen LogP contribution is 2.25. The van der Waals surface area contributed by atoms with Gasteiger partial charge in [-0.15, -0.1) is 0 Å². The maximum atomic E-state index is 12.9. The topological polar surface area (TPSA) is 119 Å². The molecule has 24 heavy (non-hydrogen) atoms. The van der Waals surface area contributed by atoms with Crippen LogP contribution >= 0.6 is 0 Å². The molecule has 1 aliphatic heterocycles. The van der Waals surface area contributed by atoms with Crippen molar-refractivity contribution in [2.45, 2.75) is 71.4 Å². The van der Waals surface area contributed by atoms with Gasteiger partial charge in [-0.1, -0.05) is 27.2 Å². The molecule has 0 aromatic heterocycles. The lowest BCUT2D eigenvalue weighted by atomic mass is 9.85. The number of amides is 3. The van der Waals surface area contributed by atoms with Crippen LogP contribution in [0.4, 0.5) is 0 Å². The zero-order chi connectivity index (χ0) is 18.3. The van der Waals surface area contributed by atoms with Gasteiger partial charge in [-0.25, -0.2) is 0 Å². The van der Waals surface area contributed by atoms with Crippen LogP contribution in [0.3, 0.4) is 0 Å². The highest BCUT2D eigenvalue weighted by Gasteiger charge is 2.41. The molecule has 1 heterocycles. The molecule has 3 amide bonds. The summed E-state index contributed by atoms with van der Waals surface area (Å²) in [4.78, 5) is 38.2. The first-order valence-corrected chi connectivity index (χ1v) is 8.77. The van der Waals surface area contributed by atoms with Gasteiger partial charge in [0, 0.05) is 13.0 Å². The zero-order valence-corrected chi connectivity index (χ0v) is 15.1. The summed E-state index contributed by atoms with van der Waals surface area (Å²) >= 11 is 0. The Bertz CT molecular complexity index is 459. The van der Waals surface area contributed by atoms with Crippen LogP contribution in [0.5, 0.6) is 0 Å². The average molecular weight is 340 g/mol. The number of carbonyl (C=O) groups is 3. The second-order valence-corrected chi connectivity index (χ2v) is 7.56. The molecule has 0 spiro atoms. The summed E-state index contributed by atoms with van der Waals surface area (Å²) in [6, 6.07) is -1.23. The number of rotatable bonds is 8. The predicted molar refractivity (Wildman–Crippen MR) is 92.8 cm³/mol. The van der Waals surface area contributed by atoms with Crippen molar-refractivity contribution in [1.82, 2.24) is 10.2 Å². The molecule has 1 fully saturated rings. The predicted octanol–water partition coefficient (Wildman–Crippen LogP) is 0.513. The van der Waals surface area contributed by atoms with E-state index in [2.05, 4.69) is 5.32 Å². The van der Waals surface area contributed by atoms with Gasteiger partial charge in [0.05, 0.1) is 0 Å². The normalized spacial score (nSPS) is 19.2. The molecule has 2 atom stereocenters. The quantitative estimate of drug-likeness (QED) is 0.558. The lowest BCUT2D eigenvalue weighted by Crippen LogP contribution is -2.57. The van der Waals surface area contributed by atoms with Crippen LogP contribution in [0.1, 0.15) is 59.3 Å². The molecule has 0 saturated carbocycles. The van der Waals surface area contributed by atoms with Gasteiger partial charge in [-0.05, 0) is 37.6 Å². The van der Waals surface area contributed by atoms with E-state index in [1.54, 1.807) is 0 Å². The number of likely N-dealkylation sites (tertiary alicyclic amines) is 1. The van der Waals surface area contributed by atoms with Crippen molar-refractivity contribution in [2.24, 2.45) is 16.9 Å². The van der Waals surface area contributed by atoms with Crippen LogP contribution in [0, 0.1) is 5.41 Å². The first-order chi connectivity index (χ1) is 11.2. The minimum absolute atomic E-state index is 0.143. The average Bonchev–Trinajstić information content (AvgIpc) is 2.97. The lowest BCUT2D eigenvalue weighted by molar-refractivity contribution is -0.143. The number of carbonyl (C=O) groups excluding carboxylic acids is 3. The van der Waals surface area contributed by atoms with E-state index in [1.807, 2.05) is 20.8 Å². The molecule has 2 unspecified atom stereocenters. The standard InChI is InChI=1S/C17H32N4O3/c1-17(2,3)14(20-13(22)9-5-4-6-10-18)16(24)21-11-7-8-12(21)15(19)23/h12,14H,4-11,18H2,1-3H3,(H2,19,23)(H,20,22). The second kappa shape index (κ2) is 9.01. The molecule has 0 radical (unpaired) electrons. The van der Waals surface area contributed by atoms with Crippen molar-refractivity contribution in [3.63, 3.8) is 0 Å². The number of hydrogen-bond donors (Lipinski definition) is 3. The number of nitrogens with two attached hydrogens (primary N) is 2. The Balaban J connectivity index is 2.73. The summed E-state index contributed by atoms with van der Waals surface area (Å²) in [7, 11) is 0. The van der Waals surface area contributed by atoms with Crippen molar-refractivity contribution in [1.29, 1.82) is 0 Å². The molecule has 0 aromatic rings. The summed E-state index contributed by atoms with van der Waals surface area (Å²) in [5.74, 6) is -0.851. The van der Waals surface area contributed by atoms with E-state index in [9.17, 15) is 14.4 Å². The molecule has 7 heteroatoms. The van der Waals surface area contributed by atoms with E-state index in [0.717, 1.165) is 25.7 Å². The van der Waals surface area contributed by atoms with E-state index in [-0.39, 0.29) is 11.8 Å². The van der Waals surface area contributed by atoms with Crippen LogP contribution in [0.15, 0.2) is 0 Å². The molecule has 0 bridgehead atoms. The molecule has 138 valence electrons. The molecule has 1 rings (SSSR count). The van der Waals surface area contributed by atoms with E-state index in [1.165, 1.54) is 4.90 Å². The van der Waals surface area contributed by atoms with Gasteiger partial charge in [0.2, 0.25) is 17.7 Å². The van der Waals surface area contributed by atoms with Crippen molar-refractivity contribution >= 4 is 17.7 Å². The minimum Gasteiger partial charge on any atom is -0.368 e. The van der Waals surface area contributed by atoms with Crippen molar-refractivity contribution in [3.8, 4) is 0 Å². The Hall–Kier alpha value is -1.63. The highest BCUT2D eigenvalue weighted by molar-refractivity contribution is 5.92.